The van der Waals surface area contributed by atoms with Crippen molar-refractivity contribution in [1.29, 1.82) is 0 Å². The highest BCUT2D eigenvalue weighted by Gasteiger charge is 2.30. The van der Waals surface area contributed by atoms with Gasteiger partial charge in [-0.25, -0.2) is 0 Å². The number of ether oxygens (including phenoxy) is 2. The molecule has 0 radical (unpaired) electrons. The van der Waals surface area contributed by atoms with Crippen molar-refractivity contribution in [1.82, 2.24) is 0 Å². The first-order chi connectivity index (χ1) is 7.29. The Kier molecular flexibility index (Phi) is 1.50. The van der Waals surface area contributed by atoms with Crippen molar-refractivity contribution >= 4 is 11.5 Å². The summed E-state index contributed by atoms with van der Waals surface area (Å²) in [6.45, 7) is 0.188. The van der Waals surface area contributed by atoms with Crippen molar-refractivity contribution in [2.24, 2.45) is 5.16 Å². The Balaban J connectivity index is 2.17. The van der Waals surface area contributed by atoms with Crippen LogP contribution in [-0.4, -0.2) is 23.5 Å². The smallest absolute Gasteiger partial charge is 0.231 e. The van der Waals surface area contributed by atoms with Gasteiger partial charge < -0.3 is 14.7 Å². The first kappa shape index (κ1) is 8.28. The predicted molar refractivity (Wildman–Crippen MR) is 49.8 cm³/mol. The van der Waals surface area contributed by atoms with Crippen molar-refractivity contribution in [3.05, 3.63) is 23.3 Å². The summed E-state index contributed by atoms with van der Waals surface area (Å²) in [6, 6.07) is 3.39. The predicted octanol–water partition coefficient (Wildman–Crippen LogP) is 0.984. The highest BCUT2D eigenvalue weighted by atomic mass is 16.7. The molecule has 1 aromatic rings. The number of oxime groups is 1. The average Bonchev–Trinajstić information content (AvgIpc) is 2.80. The maximum absolute atomic E-state index is 11.6. The molecule has 0 unspecified atom stereocenters. The van der Waals surface area contributed by atoms with Crippen LogP contribution in [0.4, 0.5) is 0 Å². The number of Topliss-reactive ketones (excluding diaryl/α,β-unsaturated/α-hetero) is 1. The molecule has 1 N–H and O–H groups in total. The molecular formula is C10H7NO4. The largest absolute Gasteiger partial charge is 0.454 e. The van der Waals surface area contributed by atoms with Gasteiger partial charge in [-0.15, -0.1) is 0 Å². The van der Waals surface area contributed by atoms with Crippen LogP contribution >= 0.6 is 0 Å². The van der Waals surface area contributed by atoms with Gasteiger partial charge in [0.1, 0.15) is 5.71 Å². The summed E-state index contributed by atoms with van der Waals surface area (Å²) in [5, 5.41) is 11.6. The van der Waals surface area contributed by atoms with Gasteiger partial charge in [0.15, 0.2) is 11.5 Å². The van der Waals surface area contributed by atoms with E-state index in [-0.39, 0.29) is 18.3 Å². The standard InChI is InChI=1S/C10H7NO4/c12-10-6-3-9-8(14-4-15-9)2-5(6)1-7(10)11-13/h2-3,13H,1,4H2/b11-7-. The second-order valence-electron chi connectivity index (χ2n) is 3.42. The molecule has 1 aliphatic heterocycles. The minimum Gasteiger partial charge on any atom is -0.454 e. The maximum atomic E-state index is 11.6. The van der Waals surface area contributed by atoms with E-state index in [1.165, 1.54) is 0 Å². The van der Waals surface area contributed by atoms with Crippen molar-refractivity contribution in [3.8, 4) is 11.5 Å². The zero-order valence-corrected chi connectivity index (χ0v) is 7.69. The highest BCUT2D eigenvalue weighted by Crippen LogP contribution is 2.37. The number of rotatable bonds is 0. The van der Waals surface area contributed by atoms with E-state index in [2.05, 4.69) is 5.16 Å². The lowest BCUT2D eigenvalue weighted by molar-refractivity contribution is 0.106. The molecule has 5 heteroatoms. The van der Waals surface area contributed by atoms with E-state index in [4.69, 9.17) is 14.7 Å². The van der Waals surface area contributed by atoms with Gasteiger partial charge in [-0.1, -0.05) is 5.16 Å². The van der Waals surface area contributed by atoms with Crippen LogP contribution < -0.4 is 9.47 Å². The molecule has 15 heavy (non-hydrogen) atoms. The monoisotopic (exact) mass is 205 g/mol. The Bertz CT molecular complexity index is 492. The molecule has 0 saturated carbocycles. The minimum atomic E-state index is -0.245. The fourth-order valence-electron chi connectivity index (χ4n) is 1.84. The molecule has 0 atom stereocenters. The zero-order chi connectivity index (χ0) is 10.4. The molecule has 0 fully saturated rings. The molecule has 0 amide bonds. The van der Waals surface area contributed by atoms with Crippen molar-refractivity contribution in [3.63, 3.8) is 0 Å². The molecule has 1 heterocycles. The number of benzene rings is 1. The summed E-state index contributed by atoms with van der Waals surface area (Å²) >= 11 is 0. The molecule has 5 nitrogen and oxygen atoms in total. The summed E-state index contributed by atoms with van der Waals surface area (Å²) in [5.74, 6) is 0.966. The van der Waals surface area contributed by atoms with Crippen LogP contribution in [-0.2, 0) is 6.42 Å². The number of hydrogen-bond donors (Lipinski definition) is 1. The number of nitrogens with zero attached hydrogens (tertiary/aromatic N) is 1. The van der Waals surface area contributed by atoms with Gasteiger partial charge in [0.2, 0.25) is 12.6 Å². The Hall–Kier alpha value is -2.04. The van der Waals surface area contributed by atoms with Crippen LogP contribution in [0.3, 0.4) is 0 Å². The first-order valence-corrected chi connectivity index (χ1v) is 4.48. The molecule has 3 rings (SSSR count). The third kappa shape index (κ3) is 1.03. The summed E-state index contributed by atoms with van der Waals surface area (Å²) in [4.78, 5) is 11.6. The maximum Gasteiger partial charge on any atom is 0.231 e. The van der Waals surface area contributed by atoms with Gasteiger partial charge in [-0.2, -0.15) is 0 Å². The Labute approximate surface area is 84.9 Å². The molecule has 0 spiro atoms. The van der Waals surface area contributed by atoms with Crippen LogP contribution in [0.1, 0.15) is 15.9 Å². The van der Waals surface area contributed by atoms with Crippen LogP contribution in [0, 0.1) is 0 Å². The van der Waals surface area contributed by atoms with Gasteiger partial charge in [-0.05, 0) is 17.7 Å². The zero-order valence-electron chi connectivity index (χ0n) is 7.69. The fourth-order valence-corrected chi connectivity index (χ4v) is 1.84. The molecule has 2 aliphatic rings. The van der Waals surface area contributed by atoms with Gasteiger partial charge >= 0.3 is 0 Å². The van der Waals surface area contributed by atoms with E-state index in [0.717, 1.165) is 5.56 Å². The van der Waals surface area contributed by atoms with E-state index in [9.17, 15) is 4.79 Å². The lowest BCUT2D eigenvalue weighted by Crippen LogP contribution is -2.06. The summed E-state index contributed by atoms with van der Waals surface area (Å²) in [5.41, 5.74) is 1.51. The number of fused-ring (bicyclic) bond motifs is 2. The van der Waals surface area contributed by atoms with Crippen LogP contribution in [0.5, 0.6) is 11.5 Å². The number of hydrogen-bond acceptors (Lipinski definition) is 5. The molecular weight excluding hydrogens is 198 g/mol. The van der Waals surface area contributed by atoms with Crippen LogP contribution in [0.25, 0.3) is 0 Å². The SMILES string of the molecule is O=C1/C(=N\O)Cc2cc3c(cc21)OCO3. The summed E-state index contributed by atoms with van der Waals surface area (Å²) in [6.07, 6.45) is 0.349. The molecule has 1 aliphatic carbocycles. The highest BCUT2D eigenvalue weighted by molar-refractivity contribution is 6.49. The van der Waals surface area contributed by atoms with E-state index >= 15 is 0 Å². The number of carbonyl (C=O) groups excluding carboxylic acids is 1. The lowest BCUT2D eigenvalue weighted by atomic mass is 10.1. The quantitative estimate of drug-likeness (QED) is 0.506. The first-order valence-electron chi connectivity index (χ1n) is 4.48. The van der Waals surface area contributed by atoms with Gasteiger partial charge in [0.05, 0.1) is 0 Å². The second-order valence-corrected chi connectivity index (χ2v) is 3.42. The Morgan fingerprint density at radius 2 is 2.00 bits per heavy atom. The number of carbonyl (C=O) groups is 1. The van der Waals surface area contributed by atoms with Gasteiger partial charge in [-0.3, -0.25) is 4.79 Å². The van der Waals surface area contributed by atoms with E-state index < -0.39 is 0 Å². The van der Waals surface area contributed by atoms with E-state index in [0.29, 0.717) is 23.5 Å². The number of ketones is 1. The third-order valence-corrected chi connectivity index (χ3v) is 2.58. The van der Waals surface area contributed by atoms with Gasteiger partial charge in [0.25, 0.3) is 0 Å². The van der Waals surface area contributed by atoms with Gasteiger partial charge in [0, 0.05) is 12.0 Å². The second kappa shape index (κ2) is 2.73. The molecule has 0 bridgehead atoms. The van der Waals surface area contributed by atoms with E-state index in [1.807, 2.05) is 0 Å². The molecule has 1 aromatic carbocycles. The summed E-state index contributed by atoms with van der Waals surface area (Å²) < 4.78 is 10.4. The topological polar surface area (TPSA) is 68.1 Å². The minimum absolute atomic E-state index is 0.161. The third-order valence-electron chi connectivity index (χ3n) is 2.58. The Morgan fingerprint density at radius 1 is 1.27 bits per heavy atom. The van der Waals surface area contributed by atoms with Crippen molar-refractivity contribution < 1.29 is 19.5 Å². The molecule has 76 valence electrons. The van der Waals surface area contributed by atoms with E-state index in [1.54, 1.807) is 12.1 Å². The Morgan fingerprint density at radius 3 is 2.73 bits per heavy atom. The molecule has 0 aromatic heterocycles. The van der Waals surface area contributed by atoms with Crippen molar-refractivity contribution in [2.45, 2.75) is 6.42 Å². The molecule has 0 saturated heterocycles. The average molecular weight is 205 g/mol. The van der Waals surface area contributed by atoms with Crippen molar-refractivity contribution in [2.75, 3.05) is 6.79 Å². The lowest BCUT2D eigenvalue weighted by Gasteiger charge is -1.99. The summed E-state index contributed by atoms with van der Waals surface area (Å²) in [7, 11) is 0. The normalized spacial score (nSPS) is 19.7. The van der Waals surface area contributed by atoms with Crippen LogP contribution in [0.15, 0.2) is 17.3 Å². The fraction of sp³-hybridized carbons (Fsp3) is 0.200. The van der Waals surface area contributed by atoms with Crippen LogP contribution in [0.2, 0.25) is 0 Å².